The molecule has 2 N–H and O–H groups in total. The van der Waals surface area contributed by atoms with Crippen LogP contribution in [0.5, 0.6) is 0 Å². The molecule has 1 heterocycles. The lowest BCUT2D eigenvalue weighted by Crippen LogP contribution is -2.52. The average Bonchev–Trinajstić information content (AvgIpc) is 2.47. The number of nitrogens with zero attached hydrogens (tertiary/aromatic N) is 1. The molecule has 2 unspecified atom stereocenters. The minimum Gasteiger partial charge on any atom is -0.481 e. The second-order valence-electron chi connectivity index (χ2n) is 5.71. The first-order valence-corrected chi connectivity index (χ1v) is 7.43. The van der Waals surface area contributed by atoms with E-state index in [0.717, 1.165) is 32.1 Å². The molecule has 1 saturated carbocycles. The van der Waals surface area contributed by atoms with Gasteiger partial charge in [0.2, 0.25) is 0 Å². The van der Waals surface area contributed by atoms with Crippen molar-refractivity contribution in [2.45, 2.75) is 50.7 Å². The molecule has 1 saturated heterocycles. The van der Waals surface area contributed by atoms with Gasteiger partial charge in [0.05, 0.1) is 12.0 Å². The van der Waals surface area contributed by atoms with Gasteiger partial charge < -0.3 is 20.1 Å². The summed E-state index contributed by atoms with van der Waals surface area (Å²) in [6.07, 6.45) is 5.26. The molecule has 2 rings (SSSR count). The van der Waals surface area contributed by atoms with Gasteiger partial charge in [0.15, 0.2) is 0 Å². The van der Waals surface area contributed by atoms with Gasteiger partial charge >= 0.3 is 12.0 Å². The van der Waals surface area contributed by atoms with Gasteiger partial charge in [-0.15, -0.1) is 0 Å². The predicted molar refractivity (Wildman–Crippen MR) is 73.5 cm³/mol. The number of ether oxygens (including phenoxy) is 1. The van der Waals surface area contributed by atoms with Crippen molar-refractivity contribution in [1.82, 2.24) is 10.2 Å². The van der Waals surface area contributed by atoms with E-state index < -0.39 is 11.9 Å². The van der Waals surface area contributed by atoms with Gasteiger partial charge in [0, 0.05) is 26.2 Å². The van der Waals surface area contributed by atoms with Crippen LogP contribution in [0.15, 0.2) is 0 Å². The molecule has 2 aliphatic rings. The maximum atomic E-state index is 12.2. The standard InChI is InChI=1S/C14H24N2O4/c1-20-10-6-8-16(9-7-10)14(19)15-12-5-3-2-4-11(12)13(17)18/h10-12H,2-9H2,1H3,(H,15,19)(H,17,18). The Labute approximate surface area is 119 Å². The molecule has 6 heteroatoms. The van der Waals surface area contributed by atoms with Gasteiger partial charge in [0.25, 0.3) is 0 Å². The molecular weight excluding hydrogens is 260 g/mol. The van der Waals surface area contributed by atoms with E-state index in [2.05, 4.69) is 5.32 Å². The topological polar surface area (TPSA) is 78.9 Å². The van der Waals surface area contributed by atoms with E-state index in [4.69, 9.17) is 4.74 Å². The van der Waals surface area contributed by atoms with Crippen LogP contribution < -0.4 is 5.32 Å². The van der Waals surface area contributed by atoms with E-state index >= 15 is 0 Å². The number of amides is 2. The number of methoxy groups -OCH3 is 1. The van der Waals surface area contributed by atoms with Crippen molar-refractivity contribution in [3.8, 4) is 0 Å². The van der Waals surface area contributed by atoms with Gasteiger partial charge in [0.1, 0.15) is 0 Å². The normalized spacial score (nSPS) is 28.1. The zero-order valence-electron chi connectivity index (χ0n) is 12.0. The maximum Gasteiger partial charge on any atom is 0.317 e. The number of hydrogen-bond acceptors (Lipinski definition) is 3. The highest BCUT2D eigenvalue weighted by atomic mass is 16.5. The number of carbonyl (C=O) groups excluding carboxylic acids is 1. The van der Waals surface area contributed by atoms with Crippen LogP contribution in [-0.4, -0.2) is 54.4 Å². The van der Waals surface area contributed by atoms with E-state index in [9.17, 15) is 14.7 Å². The summed E-state index contributed by atoms with van der Waals surface area (Å²) in [4.78, 5) is 25.2. The summed E-state index contributed by atoms with van der Waals surface area (Å²) in [5.74, 6) is -1.24. The van der Waals surface area contributed by atoms with Crippen molar-refractivity contribution in [2.75, 3.05) is 20.2 Å². The van der Waals surface area contributed by atoms with Crippen LogP contribution in [0.1, 0.15) is 38.5 Å². The smallest absolute Gasteiger partial charge is 0.317 e. The first-order valence-electron chi connectivity index (χ1n) is 7.43. The third-order valence-corrected chi connectivity index (χ3v) is 4.45. The molecule has 0 bridgehead atoms. The lowest BCUT2D eigenvalue weighted by atomic mass is 9.84. The van der Waals surface area contributed by atoms with Gasteiger partial charge in [-0.05, 0) is 25.7 Å². The van der Waals surface area contributed by atoms with Crippen molar-refractivity contribution in [2.24, 2.45) is 5.92 Å². The Morgan fingerprint density at radius 1 is 1.15 bits per heavy atom. The number of piperidine rings is 1. The molecule has 20 heavy (non-hydrogen) atoms. The third-order valence-electron chi connectivity index (χ3n) is 4.45. The fraction of sp³-hybridized carbons (Fsp3) is 0.857. The minimum absolute atomic E-state index is 0.127. The van der Waals surface area contributed by atoms with Crippen molar-refractivity contribution in [3.63, 3.8) is 0 Å². The van der Waals surface area contributed by atoms with Crippen molar-refractivity contribution in [3.05, 3.63) is 0 Å². The monoisotopic (exact) mass is 284 g/mol. The molecule has 0 aromatic rings. The minimum atomic E-state index is -0.798. The zero-order chi connectivity index (χ0) is 14.5. The largest absolute Gasteiger partial charge is 0.481 e. The van der Waals surface area contributed by atoms with Crippen LogP contribution in [0, 0.1) is 5.92 Å². The summed E-state index contributed by atoms with van der Waals surface area (Å²) in [7, 11) is 1.69. The second-order valence-corrected chi connectivity index (χ2v) is 5.71. The molecule has 114 valence electrons. The van der Waals surface area contributed by atoms with Crippen molar-refractivity contribution >= 4 is 12.0 Å². The number of aliphatic carboxylic acids is 1. The van der Waals surface area contributed by atoms with Gasteiger partial charge in [-0.3, -0.25) is 4.79 Å². The summed E-state index contributed by atoms with van der Waals surface area (Å²) in [6.45, 7) is 1.35. The van der Waals surface area contributed by atoms with Crippen LogP contribution in [0.3, 0.4) is 0 Å². The highest BCUT2D eigenvalue weighted by Gasteiger charge is 2.33. The Kier molecular flexibility index (Phi) is 5.23. The number of nitrogens with one attached hydrogen (secondary N) is 1. The highest BCUT2D eigenvalue weighted by Crippen LogP contribution is 2.25. The summed E-state index contributed by atoms with van der Waals surface area (Å²) < 4.78 is 5.28. The molecule has 2 amide bonds. The Morgan fingerprint density at radius 3 is 2.40 bits per heavy atom. The van der Waals surface area contributed by atoms with Crippen LogP contribution in [0.25, 0.3) is 0 Å². The molecule has 1 aliphatic heterocycles. The summed E-state index contributed by atoms with van der Waals surface area (Å²) >= 11 is 0. The predicted octanol–water partition coefficient (Wildman–Crippen LogP) is 1.45. The summed E-state index contributed by atoms with van der Waals surface area (Å²) in [5.41, 5.74) is 0. The quantitative estimate of drug-likeness (QED) is 0.822. The third kappa shape index (κ3) is 3.62. The Balaban J connectivity index is 1.85. The number of likely N-dealkylation sites (tertiary alicyclic amines) is 1. The first kappa shape index (κ1) is 15.1. The Morgan fingerprint density at radius 2 is 1.80 bits per heavy atom. The van der Waals surface area contributed by atoms with E-state index in [1.807, 2.05) is 0 Å². The summed E-state index contributed by atoms with van der Waals surface area (Å²) in [5, 5.41) is 12.1. The molecule has 6 nitrogen and oxygen atoms in total. The molecule has 1 aliphatic carbocycles. The molecule has 0 spiro atoms. The molecule has 2 fully saturated rings. The van der Waals surface area contributed by atoms with Crippen molar-refractivity contribution < 1.29 is 19.4 Å². The number of carboxylic acid groups (broad SMARTS) is 1. The lowest BCUT2D eigenvalue weighted by Gasteiger charge is -2.35. The van der Waals surface area contributed by atoms with E-state index in [1.165, 1.54) is 0 Å². The van der Waals surface area contributed by atoms with Crippen LogP contribution in [0.2, 0.25) is 0 Å². The van der Waals surface area contributed by atoms with Gasteiger partial charge in [-0.2, -0.15) is 0 Å². The van der Waals surface area contributed by atoms with E-state index in [0.29, 0.717) is 19.5 Å². The molecule has 0 aromatic heterocycles. The van der Waals surface area contributed by atoms with E-state index in [1.54, 1.807) is 12.0 Å². The second kappa shape index (κ2) is 6.92. The number of hydrogen-bond donors (Lipinski definition) is 2. The Hall–Kier alpha value is -1.30. The van der Waals surface area contributed by atoms with Crippen LogP contribution in [-0.2, 0) is 9.53 Å². The maximum absolute atomic E-state index is 12.2. The zero-order valence-corrected chi connectivity index (χ0v) is 12.0. The fourth-order valence-corrected chi connectivity index (χ4v) is 3.14. The number of carboxylic acids is 1. The molecule has 0 radical (unpaired) electrons. The molecular formula is C14H24N2O4. The lowest BCUT2D eigenvalue weighted by molar-refractivity contribution is -0.143. The van der Waals surface area contributed by atoms with Crippen molar-refractivity contribution in [1.29, 1.82) is 0 Å². The average molecular weight is 284 g/mol. The highest BCUT2D eigenvalue weighted by molar-refractivity contribution is 5.77. The van der Waals surface area contributed by atoms with Crippen LogP contribution >= 0.6 is 0 Å². The molecule has 0 aromatic carbocycles. The number of rotatable bonds is 3. The fourth-order valence-electron chi connectivity index (χ4n) is 3.14. The summed E-state index contributed by atoms with van der Waals surface area (Å²) in [6, 6.07) is -0.355. The Bertz CT molecular complexity index is 353. The number of carbonyl (C=O) groups is 2. The van der Waals surface area contributed by atoms with Gasteiger partial charge in [-0.1, -0.05) is 12.8 Å². The van der Waals surface area contributed by atoms with Crippen LogP contribution in [0.4, 0.5) is 4.79 Å². The van der Waals surface area contributed by atoms with Gasteiger partial charge in [-0.25, -0.2) is 4.79 Å². The molecule has 2 atom stereocenters. The number of urea groups is 1. The van der Waals surface area contributed by atoms with E-state index in [-0.39, 0.29) is 18.2 Å². The SMILES string of the molecule is COC1CCN(C(=O)NC2CCCCC2C(=O)O)CC1. The first-order chi connectivity index (χ1) is 9.61.